The van der Waals surface area contributed by atoms with Gasteiger partial charge in [-0.15, -0.1) is 0 Å². The summed E-state index contributed by atoms with van der Waals surface area (Å²) in [6, 6.07) is 51.2. The van der Waals surface area contributed by atoms with Gasteiger partial charge in [0, 0.05) is 18.9 Å². The van der Waals surface area contributed by atoms with Crippen LogP contribution in [0.3, 0.4) is 0 Å². The number of para-hydroxylation sites is 2. The van der Waals surface area contributed by atoms with E-state index in [0.29, 0.717) is 16.7 Å². The SMILES string of the molecule is [2H]C([2H])([2H])C([2H])([2H])c1nc2ccccc2n1-c1cccc(-c2cccc(-c3c4ccccc4c(-c4ccccc4)c4ccccc34)c2)c1. The number of imidazole rings is 1. The van der Waals surface area contributed by atoms with Gasteiger partial charge >= 0.3 is 0 Å². The molecule has 0 aliphatic carbocycles. The maximum atomic E-state index is 8.61. The minimum Gasteiger partial charge on any atom is -0.296 e. The van der Waals surface area contributed by atoms with E-state index < -0.39 is 13.2 Å². The number of nitrogens with zero attached hydrogens (tertiary/aromatic N) is 2. The van der Waals surface area contributed by atoms with Crippen molar-refractivity contribution in [3.05, 3.63) is 157 Å². The molecule has 1 heterocycles. The Balaban J connectivity index is 1.32. The summed E-state index contributed by atoms with van der Waals surface area (Å²) in [5, 5.41) is 4.71. The summed E-state index contributed by atoms with van der Waals surface area (Å²) in [5.74, 6) is -0.147. The summed E-state index contributed by atoms with van der Waals surface area (Å²) in [6.07, 6.45) is -2.67. The molecule has 0 saturated carbocycles. The Kier molecular flexibility index (Phi) is 4.95. The van der Waals surface area contributed by atoms with Crippen LogP contribution in [0.15, 0.2) is 152 Å². The molecule has 43 heavy (non-hydrogen) atoms. The molecule has 0 fully saturated rings. The fourth-order valence-electron chi connectivity index (χ4n) is 6.41. The first-order valence-electron chi connectivity index (χ1n) is 16.9. The smallest absolute Gasteiger partial charge is 0.114 e. The third kappa shape index (κ3) is 4.23. The van der Waals surface area contributed by atoms with Crippen molar-refractivity contribution in [2.75, 3.05) is 0 Å². The fourth-order valence-corrected chi connectivity index (χ4v) is 6.41. The maximum Gasteiger partial charge on any atom is 0.114 e. The highest BCUT2D eigenvalue weighted by atomic mass is 15.1. The summed E-state index contributed by atoms with van der Waals surface area (Å²) >= 11 is 0. The van der Waals surface area contributed by atoms with Crippen molar-refractivity contribution < 1.29 is 6.85 Å². The van der Waals surface area contributed by atoms with Gasteiger partial charge < -0.3 is 0 Å². The van der Waals surface area contributed by atoms with E-state index in [9.17, 15) is 0 Å². The van der Waals surface area contributed by atoms with Crippen molar-refractivity contribution in [1.82, 2.24) is 9.55 Å². The molecule has 0 unspecified atom stereocenters. The van der Waals surface area contributed by atoms with Gasteiger partial charge in [-0.05, 0) is 85.3 Å². The van der Waals surface area contributed by atoms with E-state index in [0.717, 1.165) is 22.3 Å². The molecule has 0 saturated heterocycles. The Labute approximate surface area is 258 Å². The predicted molar refractivity (Wildman–Crippen MR) is 182 cm³/mol. The average Bonchev–Trinajstić information content (AvgIpc) is 3.51. The normalized spacial score (nSPS) is 13.8. The Morgan fingerprint density at radius 2 is 1.07 bits per heavy atom. The minimum atomic E-state index is -2.90. The van der Waals surface area contributed by atoms with E-state index in [-0.39, 0.29) is 5.82 Å². The van der Waals surface area contributed by atoms with Gasteiger partial charge in [0.15, 0.2) is 0 Å². The van der Waals surface area contributed by atoms with Crippen molar-refractivity contribution >= 4 is 32.6 Å². The van der Waals surface area contributed by atoms with Crippen LogP contribution >= 0.6 is 0 Å². The second-order valence-electron chi connectivity index (χ2n) is 10.7. The first-order chi connectivity index (χ1) is 23.2. The van der Waals surface area contributed by atoms with E-state index in [1.807, 2.05) is 48.5 Å². The topological polar surface area (TPSA) is 17.8 Å². The van der Waals surface area contributed by atoms with Crippen LogP contribution in [0.4, 0.5) is 0 Å². The Hall–Kier alpha value is -5.47. The summed E-state index contributed by atoms with van der Waals surface area (Å²) < 4.78 is 42.8. The summed E-state index contributed by atoms with van der Waals surface area (Å²) in [4.78, 5) is 4.50. The number of aromatic nitrogens is 2. The monoisotopic (exact) mass is 555 g/mol. The first kappa shape index (κ1) is 20.4. The van der Waals surface area contributed by atoms with Crippen molar-refractivity contribution in [2.24, 2.45) is 0 Å². The molecule has 0 radical (unpaired) electrons. The molecule has 0 amide bonds. The lowest BCUT2D eigenvalue weighted by Gasteiger charge is -2.18. The standard InChI is InChI=1S/C41H30N2/c1-2-39-42-37-24-10-11-25-38(37)43(39)32-19-13-17-30(27-32)29-16-12-18-31(26-29)41-35-22-8-6-20-33(35)40(28-14-4-3-5-15-28)34-21-7-9-23-36(34)41/h3-27H,2H2,1H3/i1D3,2D2. The molecular formula is C41H30N2. The molecule has 8 rings (SSSR count). The van der Waals surface area contributed by atoms with Crippen LogP contribution < -0.4 is 0 Å². The van der Waals surface area contributed by atoms with E-state index >= 15 is 0 Å². The zero-order chi connectivity index (χ0) is 33.0. The van der Waals surface area contributed by atoms with Crippen LogP contribution in [0.25, 0.3) is 71.6 Å². The molecule has 1 aromatic heterocycles. The number of hydrogen-bond donors (Lipinski definition) is 0. The van der Waals surface area contributed by atoms with E-state index in [1.165, 1.54) is 32.7 Å². The van der Waals surface area contributed by atoms with Crippen LogP contribution in [0.5, 0.6) is 0 Å². The van der Waals surface area contributed by atoms with Crippen molar-refractivity contribution in [2.45, 2.75) is 13.2 Å². The Morgan fingerprint density at radius 1 is 0.535 bits per heavy atom. The summed E-state index contributed by atoms with van der Waals surface area (Å²) in [7, 11) is 0. The highest BCUT2D eigenvalue weighted by molar-refractivity contribution is 6.21. The highest BCUT2D eigenvalue weighted by Crippen LogP contribution is 2.44. The summed E-state index contributed by atoms with van der Waals surface area (Å²) in [6.45, 7) is -2.90. The van der Waals surface area contributed by atoms with Gasteiger partial charge in [0.05, 0.1) is 11.0 Å². The minimum absolute atomic E-state index is 0.147. The van der Waals surface area contributed by atoms with E-state index in [4.69, 9.17) is 6.85 Å². The molecule has 0 atom stereocenters. The van der Waals surface area contributed by atoms with E-state index in [2.05, 4.69) is 102 Å². The van der Waals surface area contributed by atoms with Crippen LogP contribution in [-0.4, -0.2) is 9.55 Å². The maximum absolute atomic E-state index is 8.61. The van der Waals surface area contributed by atoms with Crippen LogP contribution in [0.2, 0.25) is 0 Å². The fraction of sp³-hybridized carbons (Fsp3) is 0.0488. The second-order valence-corrected chi connectivity index (χ2v) is 10.7. The number of benzene rings is 7. The van der Waals surface area contributed by atoms with E-state index in [1.54, 1.807) is 10.6 Å². The quantitative estimate of drug-likeness (QED) is 0.193. The van der Waals surface area contributed by atoms with Crippen molar-refractivity contribution in [3.8, 4) is 39.1 Å². The Morgan fingerprint density at radius 3 is 1.77 bits per heavy atom. The lowest BCUT2D eigenvalue weighted by atomic mass is 9.85. The highest BCUT2D eigenvalue weighted by Gasteiger charge is 2.17. The first-order valence-corrected chi connectivity index (χ1v) is 14.4. The molecule has 0 aliphatic rings. The third-order valence-corrected chi connectivity index (χ3v) is 8.26. The number of hydrogen-bond acceptors (Lipinski definition) is 1. The molecule has 0 spiro atoms. The van der Waals surface area contributed by atoms with Gasteiger partial charge in [-0.1, -0.05) is 128 Å². The lowest BCUT2D eigenvalue weighted by molar-refractivity contribution is 0.908. The van der Waals surface area contributed by atoms with Gasteiger partial charge in [0.25, 0.3) is 0 Å². The summed E-state index contributed by atoms with van der Waals surface area (Å²) in [5.41, 5.74) is 8.35. The third-order valence-electron chi connectivity index (χ3n) is 8.26. The van der Waals surface area contributed by atoms with Crippen LogP contribution in [0.1, 0.15) is 19.5 Å². The molecule has 7 aromatic carbocycles. The largest absolute Gasteiger partial charge is 0.296 e. The van der Waals surface area contributed by atoms with Gasteiger partial charge in [-0.25, -0.2) is 4.98 Å². The Bertz CT molecular complexity index is 2420. The van der Waals surface area contributed by atoms with Gasteiger partial charge in [0.1, 0.15) is 5.82 Å². The van der Waals surface area contributed by atoms with Crippen LogP contribution in [0, 0.1) is 0 Å². The van der Waals surface area contributed by atoms with Crippen molar-refractivity contribution in [1.29, 1.82) is 0 Å². The number of rotatable bonds is 5. The molecular weight excluding hydrogens is 520 g/mol. The second kappa shape index (κ2) is 10.4. The zero-order valence-corrected chi connectivity index (χ0v) is 23.3. The van der Waals surface area contributed by atoms with Gasteiger partial charge in [0.2, 0.25) is 0 Å². The molecule has 8 aromatic rings. The van der Waals surface area contributed by atoms with Crippen LogP contribution in [-0.2, 0) is 6.37 Å². The molecule has 0 N–H and O–H groups in total. The molecule has 204 valence electrons. The van der Waals surface area contributed by atoms with Gasteiger partial charge in [-0.2, -0.15) is 0 Å². The molecule has 0 bridgehead atoms. The molecule has 0 aliphatic heterocycles. The molecule has 2 heteroatoms. The van der Waals surface area contributed by atoms with Crippen molar-refractivity contribution in [3.63, 3.8) is 0 Å². The number of aryl methyl sites for hydroxylation is 1. The van der Waals surface area contributed by atoms with Gasteiger partial charge in [-0.3, -0.25) is 4.57 Å². The number of fused-ring (bicyclic) bond motifs is 3. The lowest BCUT2D eigenvalue weighted by Crippen LogP contribution is -2.00. The predicted octanol–water partition coefficient (Wildman–Crippen LogP) is 10.9. The molecule has 2 nitrogen and oxygen atoms in total. The average molecular weight is 556 g/mol. The zero-order valence-electron chi connectivity index (χ0n) is 28.3.